The lowest BCUT2D eigenvalue weighted by molar-refractivity contribution is -0.158. The summed E-state index contributed by atoms with van der Waals surface area (Å²) in [4.78, 5) is 14.3. The Bertz CT molecular complexity index is 491. The molecular weight excluding hydrogens is 288 g/mol. The third-order valence-corrected chi connectivity index (χ3v) is 3.59. The van der Waals surface area contributed by atoms with E-state index in [2.05, 4.69) is 0 Å². The first kappa shape index (κ1) is 17.8. The van der Waals surface area contributed by atoms with Gasteiger partial charge in [0, 0.05) is 25.2 Å². The van der Waals surface area contributed by atoms with E-state index in [0.29, 0.717) is 25.9 Å². The molecule has 21 heavy (non-hydrogen) atoms. The van der Waals surface area contributed by atoms with Crippen molar-refractivity contribution in [3.05, 3.63) is 29.8 Å². The van der Waals surface area contributed by atoms with Crippen LogP contribution in [0.1, 0.15) is 32.8 Å². The SMILES string of the molecule is CC1CN(C(=O)CCc2ccccc2N)CC(C)(C)O1.Cl. The lowest BCUT2D eigenvalue weighted by Crippen LogP contribution is -2.53. The van der Waals surface area contributed by atoms with E-state index in [-0.39, 0.29) is 30.0 Å². The number of para-hydroxylation sites is 1. The Morgan fingerprint density at radius 2 is 2.10 bits per heavy atom. The molecule has 1 aromatic rings. The summed E-state index contributed by atoms with van der Waals surface area (Å²) in [5, 5.41) is 0. The third kappa shape index (κ3) is 4.90. The molecular formula is C16H25ClN2O2. The van der Waals surface area contributed by atoms with Crippen molar-refractivity contribution in [3.63, 3.8) is 0 Å². The first-order chi connectivity index (χ1) is 9.37. The molecule has 118 valence electrons. The Labute approximate surface area is 133 Å². The van der Waals surface area contributed by atoms with Gasteiger partial charge >= 0.3 is 0 Å². The number of aryl methyl sites for hydroxylation is 1. The second-order valence-corrected chi connectivity index (χ2v) is 6.16. The number of nitrogen functional groups attached to an aromatic ring is 1. The molecule has 1 aromatic carbocycles. The smallest absolute Gasteiger partial charge is 0.223 e. The average Bonchev–Trinajstić information content (AvgIpc) is 2.35. The van der Waals surface area contributed by atoms with Gasteiger partial charge in [-0.05, 0) is 38.8 Å². The van der Waals surface area contributed by atoms with Crippen LogP contribution in [0.25, 0.3) is 0 Å². The number of hydrogen-bond acceptors (Lipinski definition) is 3. The van der Waals surface area contributed by atoms with Crippen molar-refractivity contribution in [2.75, 3.05) is 18.8 Å². The highest BCUT2D eigenvalue weighted by atomic mass is 35.5. The Morgan fingerprint density at radius 1 is 1.43 bits per heavy atom. The highest BCUT2D eigenvalue weighted by Gasteiger charge is 2.33. The largest absolute Gasteiger partial charge is 0.399 e. The average molecular weight is 313 g/mol. The van der Waals surface area contributed by atoms with Crippen molar-refractivity contribution in [3.8, 4) is 0 Å². The van der Waals surface area contributed by atoms with Gasteiger partial charge in [0.05, 0.1) is 11.7 Å². The Hall–Kier alpha value is -1.26. The minimum absolute atomic E-state index is 0. The van der Waals surface area contributed by atoms with Gasteiger partial charge in [-0.2, -0.15) is 0 Å². The number of nitrogens with two attached hydrogens (primary N) is 1. The first-order valence-electron chi connectivity index (χ1n) is 7.16. The number of rotatable bonds is 3. The maximum atomic E-state index is 12.3. The maximum Gasteiger partial charge on any atom is 0.223 e. The Kier molecular flexibility index (Phi) is 6.05. The molecule has 1 heterocycles. The molecule has 1 unspecified atom stereocenters. The zero-order chi connectivity index (χ0) is 14.8. The van der Waals surface area contributed by atoms with Crippen molar-refractivity contribution in [1.29, 1.82) is 0 Å². The Morgan fingerprint density at radius 3 is 2.71 bits per heavy atom. The number of morpholine rings is 1. The van der Waals surface area contributed by atoms with Crippen molar-refractivity contribution >= 4 is 24.0 Å². The number of ether oxygens (including phenoxy) is 1. The summed E-state index contributed by atoms with van der Waals surface area (Å²) in [5.74, 6) is 0.177. The lowest BCUT2D eigenvalue weighted by atomic mass is 10.0. The monoisotopic (exact) mass is 312 g/mol. The molecule has 1 amide bonds. The van der Waals surface area contributed by atoms with Gasteiger partial charge in [-0.3, -0.25) is 4.79 Å². The minimum atomic E-state index is -0.265. The highest BCUT2D eigenvalue weighted by molar-refractivity contribution is 5.85. The molecule has 0 radical (unpaired) electrons. The predicted octanol–water partition coefficient (Wildman–Crippen LogP) is 2.65. The number of halogens is 1. The van der Waals surface area contributed by atoms with E-state index in [1.807, 2.05) is 49.9 Å². The summed E-state index contributed by atoms with van der Waals surface area (Å²) in [6.07, 6.45) is 1.28. The van der Waals surface area contributed by atoms with Crippen LogP contribution in [0, 0.1) is 0 Å². The Balaban J connectivity index is 0.00000220. The summed E-state index contributed by atoms with van der Waals surface area (Å²) in [6.45, 7) is 7.39. The number of nitrogens with zero attached hydrogens (tertiary/aromatic N) is 1. The van der Waals surface area contributed by atoms with Crippen LogP contribution in [-0.2, 0) is 16.0 Å². The van der Waals surface area contributed by atoms with Gasteiger partial charge in [0.15, 0.2) is 0 Å². The molecule has 1 atom stereocenters. The van der Waals surface area contributed by atoms with Crippen LogP contribution in [0.5, 0.6) is 0 Å². The molecule has 5 heteroatoms. The first-order valence-corrected chi connectivity index (χ1v) is 7.16. The second kappa shape index (κ2) is 7.14. The molecule has 2 rings (SSSR count). The zero-order valence-electron chi connectivity index (χ0n) is 13.0. The van der Waals surface area contributed by atoms with Gasteiger partial charge in [-0.1, -0.05) is 18.2 Å². The van der Waals surface area contributed by atoms with Crippen molar-refractivity contribution < 1.29 is 9.53 Å². The van der Waals surface area contributed by atoms with Gasteiger partial charge < -0.3 is 15.4 Å². The summed E-state index contributed by atoms with van der Waals surface area (Å²) in [5.41, 5.74) is 7.44. The molecule has 1 aliphatic rings. The van der Waals surface area contributed by atoms with Crippen molar-refractivity contribution in [2.24, 2.45) is 0 Å². The van der Waals surface area contributed by atoms with E-state index in [1.165, 1.54) is 0 Å². The van der Waals surface area contributed by atoms with Gasteiger partial charge in [0.1, 0.15) is 0 Å². The van der Waals surface area contributed by atoms with Crippen LogP contribution in [0.3, 0.4) is 0 Å². The number of amides is 1. The molecule has 1 saturated heterocycles. The molecule has 0 aromatic heterocycles. The number of carbonyl (C=O) groups is 1. The molecule has 1 fully saturated rings. The summed E-state index contributed by atoms with van der Waals surface area (Å²) < 4.78 is 5.82. The van der Waals surface area contributed by atoms with Crippen LogP contribution < -0.4 is 5.73 Å². The van der Waals surface area contributed by atoms with Crippen molar-refractivity contribution in [2.45, 2.75) is 45.3 Å². The van der Waals surface area contributed by atoms with E-state index >= 15 is 0 Å². The van der Waals surface area contributed by atoms with E-state index in [4.69, 9.17) is 10.5 Å². The summed E-state index contributed by atoms with van der Waals surface area (Å²) in [6, 6.07) is 7.72. The summed E-state index contributed by atoms with van der Waals surface area (Å²) in [7, 11) is 0. The predicted molar refractivity (Wildman–Crippen MR) is 87.6 cm³/mol. The highest BCUT2D eigenvalue weighted by Crippen LogP contribution is 2.22. The maximum absolute atomic E-state index is 12.3. The molecule has 0 aliphatic carbocycles. The number of anilines is 1. The standard InChI is InChI=1S/C16H24N2O2.ClH/c1-12-10-18(11-16(2,3)20-12)15(19)9-8-13-6-4-5-7-14(13)17;/h4-7,12H,8-11,17H2,1-3H3;1H. The molecule has 4 nitrogen and oxygen atoms in total. The molecule has 0 spiro atoms. The van der Waals surface area contributed by atoms with Crippen molar-refractivity contribution in [1.82, 2.24) is 4.90 Å². The molecule has 1 aliphatic heterocycles. The number of benzene rings is 1. The fourth-order valence-electron chi connectivity index (χ4n) is 2.81. The molecule has 2 N–H and O–H groups in total. The van der Waals surface area contributed by atoms with Gasteiger partial charge in [-0.15, -0.1) is 12.4 Å². The number of hydrogen-bond donors (Lipinski definition) is 1. The quantitative estimate of drug-likeness (QED) is 0.873. The van der Waals surface area contributed by atoms with E-state index in [0.717, 1.165) is 11.3 Å². The van der Waals surface area contributed by atoms with Crippen LogP contribution in [0.2, 0.25) is 0 Å². The summed E-state index contributed by atoms with van der Waals surface area (Å²) >= 11 is 0. The van der Waals surface area contributed by atoms with E-state index < -0.39 is 0 Å². The third-order valence-electron chi connectivity index (χ3n) is 3.59. The van der Waals surface area contributed by atoms with E-state index in [9.17, 15) is 4.79 Å². The van der Waals surface area contributed by atoms with Gasteiger partial charge in [0.25, 0.3) is 0 Å². The fourth-order valence-corrected chi connectivity index (χ4v) is 2.81. The topological polar surface area (TPSA) is 55.6 Å². The van der Waals surface area contributed by atoms with Gasteiger partial charge in [-0.25, -0.2) is 0 Å². The van der Waals surface area contributed by atoms with E-state index in [1.54, 1.807) is 0 Å². The minimum Gasteiger partial charge on any atom is -0.399 e. The van der Waals surface area contributed by atoms with Crippen LogP contribution >= 0.6 is 12.4 Å². The van der Waals surface area contributed by atoms with Gasteiger partial charge in [0.2, 0.25) is 5.91 Å². The second-order valence-electron chi connectivity index (χ2n) is 6.16. The lowest BCUT2D eigenvalue weighted by Gasteiger charge is -2.41. The fraction of sp³-hybridized carbons (Fsp3) is 0.562. The van der Waals surface area contributed by atoms with Crippen LogP contribution in [-0.4, -0.2) is 35.6 Å². The molecule has 0 bridgehead atoms. The zero-order valence-corrected chi connectivity index (χ0v) is 13.8. The normalized spacial score (nSPS) is 20.7. The molecule has 0 saturated carbocycles. The van der Waals surface area contributed by atoms with Crippen LogP contribution in [0.4, 0.5) is 5.69 Å². The number of carbonyl (C=O) groups excluding carboxylic acids is 1. The van der Waals surface area contributed by atoms with Crippen LogP contribution in [0.15, 0.2) is 24.3 Å².